The average molecular weight is 388 g/mol. The molecule has 0 aliphatic carbocycles. The summed E-state index contributed by atoms with van der Waals surface area (Å²) in [6.45, 7) is 7.85. The Morgan fingerprint density at radius 1 is 1.22 bits per heavy atom. The van der Waals surface area contributed by atoms with Crippen LogP contribution in [0.5, 0.6) is 0 Å². The molecule has 0 bridgehead atoms. The van der Waals surface area contributed by atoms with Crippen molar-refractivity contribution in [3.8, 4) is 0 Å². The van der Waals surface area contributed by atoms with Crippen molar-refractivity contribution in [3.05, 3.63) is 57.0 Å². The van der Waals surface area contributed by atoms with E-state index in [0.29, 0.717) is 18.0 Å². The van der Waals surface area contributed by atoms with Crippen LogP contribution in [-0.2, 0) is 18.3 Å². The van der Waals surface area contributed by atoms with E-state index in [-0.39, 0.29) is 17.5 Å². The Morgan fingerprint density at radius 2 is 1.89 bits per heavy atom. The zero-order valence-electron chi connectivity index (χ0n) is 16.8. The van der Waals surface area contributed by atoms with Crippen molar-refractivity contribution >= 4 is 17.7 Å². The van der Waals surface area contributed by atoms with Crippen LogP contribution in [0.25, 0.3) is 0 Å². The van der Waals surface area contributed by atoms with Gasteiger partial charge in [0.2, 0.25) is 5.91 Å². The van der Waals surface area contributed by atoms with Crippen molar-refractivity contribution in [3.63, 3.8) is 0 Å². The minimum atomic E-state index is 0.00289. The summed E-state index contributed by atoms with van der Waals surface area (Å²) in [5.74, 6) is 0.819. The fourth-order valence-corrected chi connectivity index (χ4v) is 3.71. The Morgan fingerprint density at radius 3 is 2.52 bits per heavy atom. The fraction of sp³-hybridized carbons (Fsp3) is 0.476. The SMILES string of the molecule is Cc1ccc(Cc2c(C)nc(SCCCC(=O)NC(C)C)n(C)c2=O)cc1. The highest BCUT2D eigenvalue weighted by Crippen LogP contribution is 2.18. The number of hydrogen-bond acceptors (Lipinski definition) is 4. The maximum atomic E-state index is 12.8. The molecule has 1 aromatic heterocycles. The number of thioether (sulfide) groups is 1. The molecule has 0 aliphatic rings. The monoisotopic (exact) mass is 387 g/mol. The topological polar surface area (TPSA) is 64.0 Å². The molecular weight excluding hydrogens is 358 g/mol. The summed E-state index contributed by atoms with van der Waals surface area (Å²) in [6.07, 6.45) is 1.83. The quantitative estimate of drug-likeness (QED) is 0.428. The fourth-order valence-electron chi connectivity index (χ4n) is 2.76. The van der Waals surface area contributed by atoms with Gasteiger partial charge in [-0.15, -0.1) is 0 Å². The number of rotatable bonds is 8. The van der Waals surface area contributed by atoms with E-state index in [9.17, 15) is 9.59 Å². The first-order valence-corrected chi connectivity index (χ1v) is 10.3. The van der Waals surface area contributed by atoms with Gasteiger partial charge in [-0.1, -0.05) is 41.6 Å². The maximum absolute atomic E-state index is 12.8. The van der Waals surface area contributed by atoms with Crippen LogP contribution < -0.4 is 10.9 Å². The number of aromatic nitrogens is 2. The minimum absolute atomic E-state index is 0.00289. The van der Waals surface area contributed by atoms with Gasteiger partial charge < -0.3 is 5.32 Å². The molecule has 0 fully saturated rings. The molecule has 0 spiro atoms. The molecule has 1 N–H and O–H groups in total. The van der Waals surface area contributed by atoms with Gasteiger partial charge in [0.15, 0.2) is 5.16 Å². The van der Waals surface area contributed by atoms with E-state index in [0.717, 1.165) is 29.0 Å². The molecule has 0 atom stereocenters. The van der Waals surface area contributed by atoms with Crippen molar-refractivity contribution in [2.45, 2.75) is 58.2 Å². The van der Waals surface area contributed by atoms with Crippen molar-refractivity contribution in [2.75, 3.05) is 5.75 Å². The van der Waals surface area contributed by atoms with Crippen LogP contribution in [0.2, 0.25) is 0 Å². The Balaban J connectivity index is 2.02. The van der Waals surface area contributed by atoms with Crippen LogP contribution in [0.15, 0.2) is 34.2 Å². The summed E-state index contributed by atoms with van der Waals surface area (Å²) in [5.41, 5.74) is 3.83. The van der Waals surface area contributed by atoms with Crippen LogP contribution in [0.3, 0.4) is 0 Å². The predicted octanol–water partition coefficient (Wildman–Crippen LogP) is 3.38. The number of carbonyl (C=O) groups is 1. The molecule has 1 amide bonds. The Bertz CT molecular complexity index is 842. The van der Waals surface area contributed by atoms with Crippen LogP contribution in [0.4, 0.5) is 0 Å². The largest absolute Gasteiger partial charge is 0.354 e. The van der Waals surface area contributed by atoms with Crippen LogP contribution >= 0.6 is 11.8 Å². The minimum Gasteiger partial charge on any atom is -0.354 e. The van der Waals surface area contributed by atoms with E-state index >= 15 is 0 Å². The lowest BCUT2D eigenvalue weighted by molar-refractivity contribution is -0.121. The molecule has 0 unspecified atom stereocenters. The lowest BCUT2D eigenvalue weighted by Crippen LogP contribution is -2.29. The van der Waals surface area contributed by atoms with Gasteiger partial charge >= 0.3 is 0 Å². The van der Waals surface area contributed by atoms with Gasteiger partial charge in [0, 0.05) is 42.9 Å². The molecule has 2 rings (SSSR count). The molecule has 27 heavy (non-hydrogen) atoms. The molecule has 0 aliphatic heterocycles. The highest BCUT2D eigenvalue weighted by atomic mass is 32.2. The molecule has 146 valence electrons. The summed E-state index contributed by atoms with van der Waals surface area (Å²) < 4.78 is 1.62. The number of hydrogen-bond donors (Lipinski definition) is 1. The molecule has 1 aromatic carbocycles. The molecule has 6 heteroatoms. The van der Waals surface area contributed by atoms with Gasteiger partial charge in [0.25, 0.3) is 5.56 Å². The maximum Gasteiger partial charge on any atom is 0.257 e. The van der Waals surface area contributed by atoms with E-state index < -0.39 is 0 Å². The second-order valence-electron chi connectivity index (χ2n) is 7.16. The molecule has 5 nitrogen and oxygen atoms in total. The Hall–Kier alpha value is -2.08. The van der Waals surface area contributed by atoms with E-state index in [1.807, 2.05) is 27.7 Å². The van der Waals surface area contributed by atoms with Gasteiger partial charge in [-0.25, -0.2) is 4.98 Å². The number of benzene rings is 1. The highest BCUT2D eigenvalue weighted by molar-refractivity contribution is 7.99. The predicted molar refractivity (Wildman–Crippen MR) is 111 cm³/mol. The third-order valence-electron chi connectivity index (χ3n) is 4.28. The standard InChI is InChI=1S/C21H29N3O2S/c1-14(2)22-19(25)7-6-12-27-21-23-16(4)18(20(26)24(21)5)13-17-10-8-15(3)9-11-17/h8-11,14H,6-7,12-13H2,1-5H3,(H,22,25). The molecule has 0 radical (unpaired) electrons. The van der Waals surface area contributed by atoms with E-state index in [2.05, 4.69) is 34.6 Å². The Labute approximate surface area is 165 Å². The summed E-state index contributed by atoms with van der Waals surface area (Å²) in [5, 5.41) is 3.59. The summed E-state index contributed by atoms with van der Waals surface area (Å²) in [7, 11) is 1.77. The summed E-state index contributed by atoms with van der Waals surface area (Å²) >= 11 is 1.53. The number of carbonyl (C=O) groups excluding carboxylic acids is 1. The van der Waals surface area contributed by atoms with Crippen LogP contribution in [0, 0.1) is 13.8 Å². The molecule has 2 aromatic rings. The third kappa shape index (κ3) is 6.24. The second-order valence-corrected chi connectivity index (χ2v) is 8.22. The first-order chi connectivity index (χ1) is 12.8. The lowest BCUT2D eigenvalue weighted by atomic mass is 10.0. The van der Waals surface area contributed by atoms with E-state index in [4.69, 9.17) is 0 Å². The normalized spacial score (nSPS) is 11.0. The van der Waals surface area contributed by atoms with Gasteiger partial charge in [0.1, 0.15) is 0 Å². The third-order valence-corrected chi connectivity index (χ3v) is 5.40. The van der Waals surface area contributed by atoms with Crippen molar-refractivity contribution in [1.29, 1.82) is 0 Å². The van der Waals surface area contributed by atoms with Crippen molar-refractivity contribution in [2.24, 2.45) is 7.05 Å². The zero-order chi connectivity index (χ0) is 20.0. The van der Waals surface area contributed by atoms with Gasteiger partial charge in [0.05, 0.1) is 0 Å². The first kappa shape index (κ1) is 21.2. The summed E-state index contributed by atoms with van der Waals surface area (Å²) in [4.78, 5) is 29.1. The average Bonchev–Trinajstić information content (AvgIpc) is 2.60. The number of nitrogens with one attached hydrogen (secondary N) is 1. The van der Waals surface area contributed by atoms with Gasteiger partial charge in [-0.05, 0) is 39.7 Å². The molecule has 0 saturated heterocycles. The number of aryl methyl sites for hydroxylation is 2. The van der Waals surface area contributed by atoms with E-state index in [1.165, 1.54) is 17.3 Å². The Kier molecular flexibility index (Phi) is 7.66. The zero-order valence-corrected chi connectivity index (χ0v) is 17.7. The number of nitrogens with zero attached hydrogens (tertiary/aromatic N) is 2. The van der Waals surface area contributed by atoms with Crippen molar-refractivity contribution < 1.29 is 4.79 Å². The smallest absolute Gasteiger partial charge is 0.257 e. The molecule has 1 heterocycles. The second kappa shape index (κ2) is 9.74. The lowest BCUT2D eigenvalue weighted by Gasteiger charge is -2.12. The van der Waals surface area contributed by atoms with Crippen molar-refractivity contribution in [1.82, 2.24) is 14.9 Å². The molecule has 0 saturated carbocycles. The van der Waals surface area contributed by atoms with E-state index in [1.54, 1.807) is 11.6 Å². The van der Waals surface area contributed by atoms with Gasteiger partial charge in [-0.3, -0.25) is 14.2 Å². The highest BCUT2D eigenvalue weighted by Gasteiger charge is 2.13. The van der Waals surface area contributed by atoms with Crippen LogP contribution in [-0.4, -0.2) is 27.3 Å². The van der Waals surface area contributed by atoms with Crippen LogP contribution in [0.1, 0.15) is 49.1 Å². The first-order valence-electron chi connectivity index (χ1n) is 9.32. The summed E-state index contributed by atoms with van der Waals surface area (Å²) in [6, 6.07) is 8.39. The number of amides is 1. The van der Waals surface area contributed by atoms with Gasteiger partial charge in [-0.2, -0.15) is 0 Å². The molecular formula is C21H29N3O2S.